The molecule has 21 heavy (non-hydrogen) atoms. The minimum Gasteiger partial charge on any atom is -0.476 e. The van der Waals surface area contributed by atoms with Crippen LogP contribution in [0.5, 0.6) is 5.88 Å². The summed E-state index contributed by atoms with van der Waals surface area (Å²) in [5.41, 5.74) is 9.45. The Bertz CT molecular complexity index is 629. The highest BCUT2D eigenvalue weighted by molar-refractivity contribution is 5.68. The zero-order chi connectivity index (χ0) is 14.7. The predicted octanol–water partition coefficient (Wildman–Crippen LogP) is 2.41. The number of hydrogen-bond acceptors (Lipinski definition) is 5. The minimum atomic E-state index is 0.487. The Balaban J connectivity index is 1.85. The SMILES string of the molecule is CCCOc1ncnc(N2CCc3ccccc3C2)c1N. The van der Waals surface area contributed by atoms with Gasteiger partial charge in [-0.3, -0.25) is 0 Å². The van der Waals surface area contributed by atoms with Crippen LogP contribution in [-0.2, 0) is 13.0 Å². The second kappa shape index (κ2) is 5.99. The fraction of sp³-hybridized carbons (Fsp3) is 0.375. The van der Waals surface area contributed by atoms with Gasteiger partial charge in [0.1, 0.15) is 12.0 Å². The number of nitrogens with two attached hydrogens (primary N) is 1. The normalized spacial score (nSPS) is 13.9. The van der Waals surface area contributed by atoms with Gasteiger partial charge in [-0.15, -0.1) is 0 Å². The van der Waals surface area contributed by atoms with Gasteiger partial charge < -0.3 is 15.4 Å². The van der Waals surface area contributed by atoms with E-state index in [1.807, 2.05) is 0 Å². The summed E-state index contributed by atoms with van der Waals surface area (Å²) in [5, 5.41) is 0. The van der Waals surface area contributed by atoms with E-state index in [-0.39, 0.29) is 0 Å². The summed E-state index contributed by atoms with van der Waals surface area (Å²) in [4.78, 5) is 10.7. The van der Waals surface area contributed by atoms with E-state index in [4.69, 9.17) is 10.5 Å². The number of benzene rings is 1. The lowest BCUT2D eigenvalue weighted by atomic mass is 10.00. The van der Waals surface area contributed by atoms with E-state index in [2.05, 4.69) is 46.1 Å². The summed E-state index contributed by atoms with van der Waals surface area (Å²) in [5.74, 6) is 1.26. The first-order valence-corrected chi connectivity index (χ1v) is 7.34. The number of anilines is 2. The number of nitrogens with zero attached hydrogens (tertiary/aromatic N) is 3. The molecule has 2 heterocycles. The molecule has 1 aliphatic heterocycles. The van der Waals surface area contributed by atoms with Crippen molar-refractivity contribution in [1.29, 1.82) is 0 Å². The molecule has 0 saturated heterocycles. The average molecular weight is 284 g/mol. The summed E-state index contributed by atoms with van der Waals surface area (Å²) >= 11 is 0. The van der Waals surface area contributed by atoms with Crippen LogP contribution in [-0.4, -0.2) is 23.1 Å². The van der Waals surface area contributed by atoms with Crippen LogP contribution < -0.4 is 15.4 Å². The van der Waals surface area contributed by atoms with E-state index >= 15 is 0 Å². The Morgan fingerprint density at radius 1 is 1.24 bits per heavy atom. The highest BCUT2D eigenvalue weighted by atomic mass is 16.5. The van der Waals surface area contributed by atoms with Crippen LogP contribution in [0.3, 0.4) is 0 Å². The number of aromatic nitrogens is 2. The number of nitrogen functional groups attached to an aromatic ring is 1. The van der Waals surface area contributed by atoms with Crippen molar-refractivity contribution < 1.29 is 4.74 Å². The van der Waals surface area contributed by atoms with Crippen molar-refractivity contribution >= 4 is 11.5 Å². The van der Waals surface area contributed by atoms with Gasteiger partial charge in [-0.05, 0) is 24.0 Å². The Morgan fingerprint density at radius 3 is 2.86 bits per heavy atom. The topological polar surface area (TPSA) is 64.3 Å². The van der Waals surface area contributed by atoms with Gasteiger partial charge in [-0.1, -0.05) is 31.2 Å². The summed E-state index contributed by atoms with van der Waals surface area (Å²) in [6.45, 7) is 4.40. The zero-order valence-corrected chi connectivity index (χ0v) is 12.2. The molecular formula is C16H20N4O. The smallest absolute Gasteiger partial charge is 0.242 e. The molecule has 3 rings (SSSR count). The van der Waals surface area contributed by atoms with Crippen LogP contribution in [0.4, 0.5) is 11.5 Å². The molecule has 0 unspecified atom stereocenters. The Morgan fingerprint density at radius 2 is 2.05 bits per heavy atom. The van der Waals surface area contributed by atoms with Crippen molar-refractivity contribution in [1.82, 2.24) is 9.97 Å². The molecule has 0 fully saturated rings. The standard InChI is InChI=1S/C16H20N4O/c1-2-9-21-16-14(17)15(18-11-19-16)20-8-7-12-5-3-4-6-13(12)10-20/h3-6,11H,2,7-10,17H2,1H3. The van der Waals surface area contributed by atoms with Crippen LogP contribution >= 0.6 is 0 Å². The highest BCUT2D eigenvalue weighted by Gasteiger charge is 2.20. The molecule has 1 aromatic heterocycles. The quantitative estimate of drug-likeness (QED) is 0.934. The average Bonchev–Trinajstić information content (AvgIpc) is 2.53. The van der Waals surface area contributed by atoms with E-state index < -0.39 is 0 Å². The van der Waals surface area contributed by atoms with Crippen molar-refractivity contribution in [2.45, 2.75) is 26.3 Å². The zero-order valence-electron chi connectivity index (χ0n) is 12.2. The van der Waals surface area contributed by atoms with E-state index in [1.165, 1.54) is 17.5 Å². The van der Waals surface area contributed by atoms with Gasteiger partial charge in [0.25, 0.3) is 0 Å². The minimum absolute atomic E-state index is 0.487. The van der Waals surface area contributed by atoms with Crippen molar-refractivity contribution in [3.8, 4) is 5.88 Å². The van der Waals surface area contributed by atoms with Crippen molar-refractivity contribution in [3.05, 3.63) is 41.7 Å². The fourth-order valence-corrected chi connectivity index (χ4v) is 2.61. The Kier molecular flexibility index (Phi) is 3.90. The van der Waals surface area contributed by atoms with Gasteiger partial charge in [-0.2, -0.15) is 4.98 Å². The molecule has 2 N–H and O–H groups in total. The second-order valence-electron chi connectivity index (χ2n) is 5.20. The van der Waals surface area contributed by atoms with E-state index in [0.29, 0.717) is 18.2 Å². The first-order chi connectivity index (χ1) is 10.3. The van der Waals surface area contributed by atoms with Gasteiger partial charge >= 0.3 is 0 Å². The molecule has 1 aromatic carbocycles. The monoisotopic (exact) mass is 284 g/mol. The van der Waals surface area contributed by atoms with Crippen LogP contribution in [0.2, 0.25) is 0 Å². The predicted molar refractivity (Wildman–Crippen MR) is 83.4 cm³/mol. The number of fused-ring (bicyclic) bond motifs is 1. The first-order valence-electron chi connectivity index (χ1n) is 7.34. The molecule has 5 nitrogen and oxygen atoms in total. The number of ether oxygens (including phenoxy) is 1. The Hall–Kier alpha value is -2.30. The van der Waals surface area contributed by atoms with Crippen LogP contribution in [0.1, 0.15) is 24.5 Å². The maximum absolute atomic E-state index is 6.18. The maximum atomic E-state index is 6.18. The molecule has 2 aromatic rings. The van der Waals surface area contributed by atoms with Gasteiger partial charge in [0.05, 0.1) is 6.61 Å². The molecule has 0 aliphatic carbocycles. The lowest BCUT2D eigenvalue weighted by Gasteiger charge is -2.30. The van der Waals surface area contributed by atoms with Crippen molar-refractivity contribution in [2.24, 2.45) is 0 Å². The summed E-state index contributed by atoms with van der Waals surface area (Å²) < 4.78 is 5.58. The largest absolute Gasteiger partial charge is 0.476 e. The van der Waals surface area contributed by atoms with Gasteiger partial charge in [-0.25, -0.2) is 4.98 Å². The summed E-state index contributed by atoms with van der Waals surface area (Å²) in [6, 6.07) is 8.50. The third-order valence-corrected chi connectivity index (χ3v) is 3.70. The molecule has 0 amide bonds. The molecule has 5 heteroatoms. The molecule has 0 saturated carbocycles. The first kappa shape index (κ1) is 13.7. The second-order valence-corrected chi connectivity index (χ2v) is 5.20. The van der Waals surface area contributed by atoms with Gasteiger partial charge in [0, 0.05) is 13.1 Å². The van der Waals surface area contributed by atoms with Crippen molar-refractivity contribution in [2.75, 3.05) is 23.8 Å². The molecule has 0 radical (unpaired) electrons. The maximum Gasteiger partial charge on any atom is 0.242 e. The third-order valence-electron chi connectivity index (χ3n) is 3.70. The van der Waals surface area contributed by atoms with E-state index in [9.17, 15) is 0 Å². The summed E-state index contributed by atoms with van der Waals surface area (Å²) in [6.07, 6.45) is 3.46. The number of hydrogen-bond donors (Lipinski definition) is 1. The van der Waals surface area contributed by atoms with Crippen molar-refractivity contribution in [3.63, 3.8) is 0 Å². The van der Waals surface area contributed by atoms with E-state index in [1.54, 1.807) is 0 Å². The third kappa shape index (κ3) is 2.77. The highest BCUT2D eigenvalue weighted by Crippen LogP contribution is 2.31. The number of rotatable bonds is 4. The van der Waals surface area contributed by atoms with Gasteiger partial charge in [0.2, 0.25) is 5.88 Å². The lowest BCUT2D eigenvalue weighted by molar-refractivity contribution is 0.306. The van der Waals surface area contributed by atoms with E-state index in [0.717, 1.165) is 31.7 Å². The van der Waals surface area contributed by atoms with Crippen LogP contribution in [0.15, 0.2) is 30.6 Å². The van der Waals surface area contributed by atoms with Crippen LogP contribution in [0.25, 0.3) is 0 Å². The van der Waals surface area contributed by atoms with Gasteiger partial charge in [0.15, 0.2) is 5.82 Å². The molecule has 0 atom stereocenters. The lowest BCUT2D eigenvalue weighted by Crippen LogP contribution is -2.31. The molecule has 0 spiro atoms. The summed E-state index contributed by atoms with van der Waals surface area (Å²) in [7, 11) is 0. The Labute approximate surface area is 124 Å². The fourth-order valence-electron chi connectivity index (χ4n) is 2.61. The molecule has 110 valence electrons. The molecule has 0 bridgehead atoms. The van der Waals surface area contributed by atoms with Crippen LogP contribution in [0, 0.1) is 0 Å². The molecular weight excluding hydrogens is 264 g/mol. The molecule has 1 aliphatic rings.